The van der Waals surface area contributed by atoms with Crippen molar-refractivity contribution >= 4 is 28.7 Å². The molecule has 1 amide bonds. The maximum Gasteiger partial charge on any atom is 0.261 e. The molecule has 0 atom stereocenters. The van der Waals surface area contributed by atoms with Crippen molar-refractivity contribution in [1.82, 2.24) is 49.1 Å². The van der Waals surface area contributed by atoms with Crippen LogP contribution in [0.15, 0.2) is 73.8 Å². The molecule has 2 N–H and O–H groups in total. The summed E-state index contributed by atoms with van der Waals surface area (Å²) in [6, 6.07) is 11.0. The maximum absolute atomic E-state index is 13.1. The Morgan fingerprint density at radius 3 is 2.38 bits per heavy atom. The molecule has 0 aliphatic heterocycles. The number of hydrogen-bond acceptors (Lipinski definition) is 9. The number of rotatable bonds is 6. The summed E-state index contributed by atoms with van der Waals surface area (Å²) in [6.07, 6.45) is 9.83. The van der Waals surface area contributed by atoms with Crippen molar-refractivity contribution in [2.24, 2.45) is 14.1 Å². The average Bonchev–Trinajstić information content (AvgIpc) is 3.64. The van der Waals surface area contributed by atoms with Gasteiger partial charge in [-0.2, -0.15) is 15.3 Å². The molecule has 0 unspecified atom stereocenters. The van der Waals surface area contributed by atoms with Gasteiger partial charge in [0.15, 0.2) is 17.3 Å². The number of hydrogen-bond donors (Lipinski definition) is 2. The van der Waals surface area contributed by atoms with E-state index in [-0.39, 0.29) is 5.91 Å². The molecule has 13 nitrogen and oxygen atoms in total. The normalized spacial score (nSPS) is 11.1. The van der Waals surface area contributed by atoms with Crippen molar-refractivity contribution in [1.29, 1.82) is 0 Å². The average molecular weight is 493 g/mol. The zero-order valence-corrected chi connectivity index (χ0v) is 19.8. The van der Waals surface area contributed by atoms with Crippen molar-refractivity contribution < 1.29 is 4.79 Å². The van der Waals surface area contributed by atoms with Crippen LogP contribution in [0.3, 0.4) is 0 Å². The van der Waals surface area contributed by atoms with Crippen LogP contribution in [0.2, 0.25) is 0 Å². The summed E-state index contributed by atoms with van der Waals surface area (Å²) in [5, 5.41) is 19.0. The van der Waals surface area contributed by atoms with E-state index >= 15 is 0 Å². The van der Waals surface area contributed by atoms with Crippen LogP contribution in [0, 0.1) is 0 Å². The van der Waals surface area contributed by atoms with Crippen LogP contribution >= 0.6 is 0 Å². The molecule has 0 radical (unpaired) electrons. The van der Waals surface area contributed by atoms with E-state index in [0.29, 0.717) is 40.1 Å². The predicted molar refractivity (Wildman–Crippen MR) is 135 cm³/mol. The summed E-state index contributed by atoms with van der Waals surface area (Å²) in [6.45, 7) is 0. The van der Waals surface area contributed by atoms with Crippen LogP contribution in [0.25, 0.3) is 28.4 Å². The molecule has 182 valence electrons. The van der Waals surface area contributed by atoms with Gasteiger partial charge in [-0.1, -0.05) is 12.1 Å². The largest absolute Gasteiger partial charge is 0.339 e. The van der Waals surface area contributed by atoms with Crippen molar-refractivity contribution in [3.05, 3.63) is 79.4 Å². The third-order valence-electron chi connectivity index (χ3n) is 5.46. The molecule has 1 aromatic carbocycles. The van der Waals surface area contributed by atoms with Gasteiger partial charge >= 0.3 is 0 Å². The van der Waals surface area contributed by atoms with Gasteiger partial charge in [0.25, 0.3) is 5.91 Å². The van der Waals surface area contributed by atoms with Crippen molar-refractivity contribution in [2.75, 3.05) is 10.6 Å². The number of fused-ring (bicyclic) bond motifs is 1. The highest BCUT2D eigenvalue weighted by molar-refractivity contribution is 6.08. The molecule has 5 heterocycles. The zero-order valence-electron chi connectivity index (χ0n) is 19.8. The molecule has 0 saturated heterocycles. The van der Waals surface area contributed by atoms with Gasteiger partial charge in [0.05, 0.1) is 18.1 Å². The summed E-state index contributed by atoms with van der Waals surface area (Å²) in [5.41, 5.74) is 3.59. The minimum absolute atomic E-state index is 0.328. The number of aromatic nitrogens is 10. The molecular formula is C24H20N12O. The minimum atomic E-state index is -0.337. The van der Waals surface area contributed by atoms with Crippen LogP contribution in [-0.2, 0) is 14.1 Å². The van der Waals surface area contributed by atoms with E-state index in [9.17, 15) is 4.79 Å². The number of aryl methyl sites for hydroxylation is 2. The Morgan fingerprint density at radius 1 is 0.865 bits per heavy atom. The van der Waals surface area contributed by atoms with Gasteiger partial charge in [0.1, 0.15) is 24.0 Å². The lowest BCUT2D eigenvalue weighted by Gasteiger charge is -2.08. The van der Waals surface area contributed by atoms with E-state index in [4.69, 9.17) is 0 Å². The Kier molecular flexibility index (Phi) is 5.33. The van der Waals surface area contributed by atoms with Crippen molar-refractivity contribution in [3.63, 3.8) is 0 Å². The third kappa shape index (κ3) is 4.48. The van der Waals surface area contributed by atoms with Gasteiger partial charge in [0, 0.05) is 43.3 Å². The van der Waals surface area contributed by atoms with Gasteiger partial charge in [-0.25, -0.2) is 19.5 Å². The lowest BCUT2D eigenvalue weighted by molar-refractivity contribution is 0.102. The summed E-state index contributed by atoms with van der Waals surface area (Å²) in [7, 11) is 3.60. The molecule has 0 saturated carbocycles. The highest BCUT2D eigenvalue weighted by Gasteiger charge is 2.16. The van der Waals surface area contributed by atoms with Crippen LogP contribution in [0.5, 0.6) is 0 Å². The zero-order chi connectivity index (χ0) is 25.4. The number of anilines is 3. The molecule has 5 aromatic heterocycles. The quantitative estimate of drug-likeness (QED) is 0.358. The first kappa shape index (κ1) is 22.0. The predicted octanol–water partition coefficient (Wildman–Crippen LogP) is 2.71. The SMILES string of the molecule is Cn1cnc(-c2cccc(NC(=O)c3cnn4ccc(Nc5cncc(-c6ncn(C)n6)c5)nc34)c2)n1. The Balaban J connectivity index is 1.24. The Bertz CT molecular complexity index is 1750. The fraction of sp³-hybridized carbons (Fsp3) is 0.0833. The van der Waals surface area contributed by atoms with Crippen LogP contribution in [0.4, 0.5) is 17.2 Å². The van der Waals surface area contributed by atoms with Gasteiger partial charge < -0.3 is 10.6 Å². The molecule has 0 spiro atoms. The number of nitrogens with one attached hydrogen (secondary N) is 2. The fourth-order valence-electron chi connectivity index (χ4n) is 3.75. The van der Waals surface area contributed by atoms with Gasteiger partial charge in [-0.05, 0) is 24.3 Å². The van der Waals surface area contributed by atoms with Crippen molar-refractivity contribution in [2.45, 2.75) is 0 Å². The van der Waals surface area contributed by atoms with Crippen LogP contribution in [0.1, 0.15) is 10.4 Å². The van der Waals surface area contributed by atoms with Crippen LogP contribution < -0.4 is 10.6 Å². The van der Waals surface area contributed by atoms with Gasteiger partial charge in [0.2, 0.25) is 0 Å². The maximum atomic E-state index is 13.1. The molecular weight excluding hydrogens is 472 g/mol. The molecule has 37 heavy (non-hydrogen) atoms. The monoisotopic (exact) mass is 492 g/mol. The Hall–Kier alpha value is -5.46. The van der Waals surface area contributed by atoms with Crippen molar-refractivity contribution in [3.8, 4) is 22.8 Å². The lowest BCUT2D eigenvalue weighted by atomic mass is 10.2. The number of amides is 1. The van der Waals surface area contributed by atoms with E-state index in [2.05, 4.69) is 45.9 Å². The standard InChI is InChI=1S/C24H20N12O/c1-34-13-26-21(32-34)15-4-3-5-17(8-15)30-24(37)19-12-28-36-7-6-20(31-23(19)36)29-18-9-16(10-25-11-18)22-27-14-35(2)33-22/h3-14H,1-2H3,(H,29,31)(H,30,37). The number of pyridine rings is 1. The molecule has 0 aliphatic carbocycles. The summed E-state index contributed by atoms with van der Waals surface area (Å²) in [4.78, 5) is 30.5. The van der Waals surface area contributed by atoms with Crippen LogP contribution in [-0.4, -0.2) is 55.0 Å². The third-order valence-corrected chi connectivity index (χ3v) is 5.46. The molecule has 0 aliphatic rings. The summed E-state index contributed by atoms with van der Waals surface area (Å²) >= 11 is 0. The highest BCUT2D eigenvalue weighted by Crippen LogP contribution is 2.23. The van der Waals surface area contributed by atoms with E-state index in [1.165, 1.54) is 6.20 Å². The van der Waals surface area contributed by atoms with E-state index in [1.807, 2.05) is 24.3 Å². The smallest absolute Gasteiger partial charge is 0.261 e. The molecule has 6 aromatic rings. The second kappa shape index (κ2) is 8.96. The second-order valence-electron chi connectivity index (χ2n) is 8.25. The Morgan fingerprint density at radius 2 is 1.62 bits per heavy atom. The number of carbonyl (C=O) groups is 1. The number of benzene rings is 1. The van der Waals surface area contributed by atoms with E-state index in [1.54, 1.807) is 71.4 Å². The van der Waals surface area contributed by atoms with E-state index in [0.717, 1.165) is 11.1 Å². The first-order chi connectivity index (χ1) is 18.0. The highest BCUT2D eigenvalue weighted by atomic mass is 16.1. The lowest BCUT2D eigenvalue weighted by Crippen LogP contribution is -2.12. The summed E-state index contributed by atoms with van der Waals surface area (Å²) in [5.74, 6) is 1.33. The number of carbonyl (C=O) groups excluding carboxylic acids is 1. The Labute approximate surface area is 209 Å². The molecule has 0 bridgehead atoms. The molecule has 13 heteroatoms. The molecule has 6 rings (SSSR count). The van der Waals surface area contributed by atoms with E-state index < -0.39 is 0 Å². The first-order valence-corrected chi connectivity index (χ1v) is 11.2. The topological polar surface area (TPSA) is 146 Å². The second-order valence-corrected chi connectivity index (χ2v) is 8.25. The van der Waals surface area contributed by atoms with Gasteiger partial charge in [-0.3, -0.25) is 19.1 Å². The van der Waals surface area contributed by atoms with Gasteiger partial charge in [-0.15, -0.1) is 0 Å². The summed E-state index contributed by atoms with van der Waals surface area (Å²) < 4.78 is 4.79. The fourth-order valence-corrected chi connectivity index (χ4v) is 3.75. The molecule has 0 fully saturated rings. The number of nitrogens with zero attached hydrogens (tertiary/aromatic N) is 10. The minimum Gasteiger partial charge on any atom is -0.339 e. The first-order valence-electron chi connectivity index (χ1n) is 11.2.